The van der Waals surface area contributed by atoms with Crippen LogP contribution in [0.3, 0.4) is 0 Å². The summed E-state index contributed by atoms with van der Waals surface area (Å²) in [6, 6.07) is 12.1. The maximum absolute atomic E-state index is 11.6. The predicted molar refractivity (Wildman–Crippen MR) is 215 cm³/mol. The maximum Gasteiger partial charge on any atom is 0.407 e. The highest BCUT2D eigenvalue weighted by Gasteiger charge is 2.18. The topological polar surface area (TPSA) is 141 Å². The number of hydrogen-bond donors (Lipinski definition) is 3. The van der Waals surface area contributed by atoms with Crippen LogP contribution in [0.4, 0.5) is 9.59 Å². The Balaban J connectivity index is 0.000000219. The largest absolute Gasteiger partial charge is 0.444 e. The molecule has 2 amide bonds. The van der Waals surface area contributed by atoms with E-state index < -0.39 is 23.4 Å². The summed E-state index contributed by atoms with van der Waals surface area (Å²) in [5.74, 6) is 1.67. The number of pyridine rings is 3. The van der Waals surface area contributed by atoms with E-state index in [4.69, 9.17) is 15.2 Å². The molecule has 0 unspecified atom stereocenters. The number of aromatic nitrogens is 3. The maximum atomic E-state index is 11.6. The monoisotopic (exact) mass is 794 g/mol. The number of hydrogen-bond acceptors (Lipinski definition) is 8. The number of rotatable bonds is 9. The average Bonchev–Trinajstić information content (AvgIpc) is 3.11. The molecule has 53 heavy (non-hydrogen) atoms. The summed E-state index contributed by atoms with van der Waals surface area (Å²) >= 11 is 3.24. The minimum Gasteiger partial charge on any atom is -0.444 e. The summed E-state index contributed by atoms with van der Waals surface area (Å²) in [6.07, 6.45) is 20.7. The molecule has 0 aromatic carbocycles. The number of carbonyl (C=O) groups excluding carboxylic acids is 2. The lowest BCUT2D eigenvalue weighted by Crippen LogP contribution is -2.32. The molecule has 4 N–H and O–H groups in total. The first kappa shape index (κ1) is 43.8. The summed E-state index contributed by atoms with van der Waals surface area (Å²) in [6.45, 7) is 12.5. The molecule has 0 saturated heterocycles. The van der Waals surface area contributed by atoms with Crippen LogP contribution in [0.2, 0.25) is 0 Å². The second-order valence-corrected chi connectivity index (χ2v) is 16.9. The standard InChI is InChI=1S/C18H28N2O2.C13H20N2.C11H15BrN2O2/c1-18(2,3)22-17(21)20-13-15-9-10-16(19-12-15)11-14-7-5-4-6-8-14;14-9-12-6-7-13(15-10-12)8-11-4-2-1-3-5-11;1-11(2,3)16-10(15)14-7-8-4-5-9(12)13-6-8/h9-10,12,14H,4-8,11,13H2,1-3H3,(H,20,21);6-7,10-11H,1-5,8-9,14H2;4-6H,7H2,1-3H3,(H,14,15). The average molecular weight is 796 g/mol. The fraction of sp³-hybridized carbons (Fsp3) is 0.595. The van der Waals surface area contributed by atoms with Crippen molar-refractivity contribution in [3.8, 4) is 0 Å². The van der Waals surface area contributed by atoms with Crippen LogP contribution in [0.25, 0.3) is 0 Å². The van der Waals surface area contributed by atoms with Gasteiger partial charge in [-0.2, -0.15) is 0 Å². The third-order valence-electron chi connectivity index (χ3n) is 8.91. The number of alkyl carbamates (subject to hydrolysis) is 2. The molecular formula is C42H63BrN6O4. The molecule has 2 saturated carbocycles. The van der Waals surface area contributed by atoms with Gasteiger partial charge in [0.15, 0.2) is 0 Å². The number of amides is 2. The quantitative estimate of drug-likeness (QED) is 0.182. The minimum absolute atomic E-state index is 0.390. The Morgan fingerprint density at radius 2 is 1.04 bits per heavy atom. The number of halogens is 1. The first-order valence-electron chi connectivity index (χ1n) is 19.3. The number of carbonyl (C=O) groups is 2. The molecule has 3 aromatic heterocycles. The molecule has 0 aliphatic heterocycles. The highest BCUT2D eigenvalue weighted by molar-refractivity contribution is 9.10. The highest BCUT2D eigenvalue weighted by atomic mass is 79.9. The third-order valence-corrected chi connectivity index (χ3v) is 9.38. The lowest BCUT2D eigenvalue weighted by atomic mass is 9.86. The Kier molecular flexibility index (Phi) is 18.7. The van der Waals surface area contributed by atoms with Crippen molar-refractivity contribution >= 4 is 28.1 Å². The van der Waals surface area contributed by atoms with Crippen LogP contribution >= 0.6 is 15.9 Å². The first-order valence-corrected chi connectivity index (χ1v) is 20.1. The predicted octanol–water partition coefficient (Wildman–Crippen LogP) is 9.76. The van der Waals surface area contributed by atoms with E-state index in [1.165, 1.54) is 69.9 Å². The molecule has 292 valence electrons. The van der Waals surface area contributed by atoms with Gasteiger partial charge in [-0.05, 0) is 117 Å². The van der Waals surface area contributed by atoms with Gasteiger partial charge in [0.25, 0.3) is 0 Å². The molecule has 0 spiro atoms. The van der Waals surface area contributed by atoms with E-state index >= 15 is 0 Å². The molecule has 0 bridgehead atoms. The van der Waals surface area contributed by atoms with Gasteiger partial charge in [0.2, 0.25) is 0 Å². The zero-order chi connectivity index (χ0) is 38.7. The second kappa shape index (κ2) is 22.6. The Morgan fingerprint density at radius 3 is 1.38 bits per heavy atom. The summed E-state index contributed by atoms with van der Waals surface area (Å²) in [4.78, 5) is 36.0. The number of ether oxygens (including phenoxy) is 2. The fourth-order valence-corrected chi connectivity index (χ4v) is 6.47. The highest BCUT2D eigenvalue weighted by Crippen LogP contribution is 2.27. The minimum atomic E-state index is -0.470. The first-order chi connectivity index (χ1) is 25.2. The van der Waals surface area contributed by atoms with Gasteiger partial charge in [-0.1, -0.05) is 82.4 Å². The van der Waals surface area contributed by atoms with Gasteiger partial charge < -0.3 is 25.8 Å². The summed E-state index contributed by atoms with van der Waals surface area (Å²) in [7, 11) is 0. The van der Waals surface area contributed by atoms with Gasteiger partial charge >= 0.3 is 12.2 Å². The molecule has 3 heterocycles. The number of nitrogens with zero attached hydrogens (tertiary/aromatic N) is 3. The van der Waals surface area contributed by atoms with Crippen molar-refractivity contribution in [1.82, 2.24) is 25.6 Å². The van der Waals surface area contributed by atoms with Gasteiger partial charge in [-0.15, -0.1) is 0 Å². The Morgan fingerprint density at radius 1 is 0.642 bits per heavy atom. The van der Waals surface area contributed by atoms with Crippen LogP contribution in [0.15, 0.2) is 59.6 Å². The molecular weight excluding hydrogens is 732 g/mol. The van der Waals surface area contributed by atoms with Crippen molar-refractivity contribution in [3.63, 3.8) is 0 Å². The molecule has 5 rings (SSSR count). The molecule has 2 aliphatic carbocycles. The van der Waals surface area contributed by atoms with E-state index in [1.54, 1.807) is 6.20 Å². The zero-order valence-corrected chi connectivity index (χ0v) is 34.5. The third kappa shape index (κ3) is 19.9. The van der Waals surface area contributed by atoms with E-state index in [1.807, 2.05) is 72.1 Å². The van der Waals surface area contributed by atoms with Gasteiger partial charge in [-0.3, -0.25) is 9.97 Å². The van der Waals surface area contributed by atoms with E-state index in [9.17, 15) is 9.59 Å². The Bertz CT molecular complexity index is 1480. The number of nitrogens with one attached hydrogen (secondary N) is 2. The molecule has 0 atom stereocenters. The van der Waals surface area contributed by atoms with Crippen molar-refractivity contribution in [2.24, 2.45) is 17.6 Å². The lowest BCUT2D eigenvalue weighted by molar-refractivity contribution is 0.0512. The van der Waals surface area contributed by atoms with Crippen molar-refractivity contribution in [1.29, 1.82) is 0 Å². The summed E-state index contributed by atoms with van der Waals surface area (Å²) in [5, 5.41) is 5.41. The Labute approximate surface area is 326 Å². The van der Waals surface area contributed by atoms with Crippen LogP contribution in [-0.2, 0) is 41.9 Å². The summed E-state index contributed by atoms with van der Waals surface area (Å²) < 4.78 is 11.1. The van der Waals surface area contributed by atoms with E-state index in [2.05, 4.69) is 59.7 Å². The van der Waals surface area contributed by atoms with Crippen molar-refractivity contribution in [2.75, 3.05) is 0 Å². The van der Waals surface area contributed by atoms with Gasteiger partial charge in [0, 0.05) is 49.6 Å². The van der Waals surface area contributed by atoms with Crippen LogP contribution < -0.4 is 16.4 Å². The van der Waals surface area contributed by atoms with Crippen molar-refractivity contribution in [2.45, 2.75) is 149 Å². The summed E-state index contributed by atoms with van der Waals surface area (Å²) in [5.41, 5.74) is 10.1. The molecule has 2 aliphatic rings. The zero-order valence-electron chi connectivity index (χ0n) is 32.9. The smallest absolute Gasteiger partial charge is 0.407 e. The molecule has 3 aromatic rings. The SMILES string of the molecule is CC(C)(C)OC(=O)NCc1ccc(Br)nc1.CC(C)(C)OC(=O)NCc1ccc(CC2CCCCC2)nc1.NCc1ccc(CC2CCCCC2)nc1. The van der Waals surface area contributed by atoms with Gasteiger partial charge in [-0.25, -0.2) is 14.6 Å². The van der Waals surface area contributed by atoms with Crippen LogP contribution in [0.5, 0.6) is 0 Å². The van der Waals surface area contributed by atoms with Crippen molar-refractivity contribution < 1.29 is 19.1 Å². The van der Waals surface area contributed by atoms with E-state index in [0.717, 1.165) is 51.7 Å². The van der Waals surface area contributed by atoms with Crippen LogP contribution in [0.1, 0.15) is 134 Å². The van der Waals surface area contributed by atoms with Crippen molar-refractivity contribution in [3.05, 3.63) is 87.7 Å². The molecule has 2 fully saturated rings. The van der Waals surface area contributed by atoms with E-state index in [0.29, 0.717) is 19.6 Å². The van der Waals surface area contributed by atoms with Crippen LogP contribution in [0, 0.1) is 11.8 Å². The van der Waals surface area contributed by atoms with Gasteiger partial charge in [0.05, 0.1) is 0 Å². The van der Waals surface area contributed by atoms with Crippen LogP contribution in [-0.4, -0.2) is 38.3 Å². The molecule has 10 nitrogen and oxygen atoms in total. The molecule has 0 radical (unpaired) electrons. The second-order valence-electron chi connectivity index (χ2n) is 16.1. The lowest BCUT2D eigenvalue weighted by Gasteiger charge is -2.21. The fourth-order valence-electron chi connectivity index (χ4n) is 6.24. The number of nitrogens with two attached hydrogens (primary N) is 1. The molecule has 11 heteroatoms. The van der Waals surface area contributed by atoms with Gasteiger partial charge in [0.1, 0.15) is 15.8 Å². The normalized spacial score (nSPS) is 15.2. The Hall–Kier alpha value is -3.57. The van der Waals surface area contributed by atoms with E-state index in [-0.39, 0.29) is 0 Å².